The number of benzene rings is 1. The van der Waals surface area contributed by atoms with Crippen LogP contribution in [0.3, 0.4) is 0 Å². The number of ether oxygens (including phenoxy) is 1. The quantitative estimate of drug-likeness (QED) is 0.566. The van der Waals surface area contributed by atoms with E-state index in [1.165, 1.54) is 16.5 Å². The predicted octanol–water partition coefficient (Wildman–Crippen LogP) is 5.53. The molecule has 0 radical (unpaired) electrons. The lowest BCUT2D eigenvalue weighted by Gasteiger charge is -2.08. The number of aryl methyl sites for hydroxylation is 2. The lowest BCUT2D eigenvalue weighted by atomic mass is 10.1. The number of pyridine rings is 1. The summed E-state index contributed by atoms with van der Waals surface area (Å²) in [5, 5.41) is 7.45. The molecule has 1 fully saturated rings. The number of halogens is 1. The fourth-order valence-corrected chi connectivity index (χ4v) is 4.15. The van der Waals surface area contributed by atoms with E-state index in [9.17, 15) is 0 Å². The highest BCUT2D eigenvalue weighted by atomic mass is 79.9. The molecule has 6 heteroatoms. The Labute approximate surface area is 159 Å². The van der Waals surface area contributed by atoms with Crippen LogP contribution in [0.5, 0.6) is 0 Å². The van der Waals surface area contributed by atoms with Crippen LogP contribution in [0.1, 0.15) is 25.0 Å². The van der Waals surface area contributed by atoms with Gasteiger partial charge in [-0.05, 0) is 52.9 Å². The number of nitrogens with one attached hydrogen (secondary N) is 1. The zero-order valence-corrected chi connectivity index (χ0v) is 17.0. The molecule has 1 aliphatic heterocycles. The molecule has 25 heavy (non-hydrogen) atoms. The smallest absolute Gasteiger partial charge is 0.185 e. The van der Waals surface area contributed by atoms with Crippen molar-refractivity contribution in [2.75, 3.05) is 5.32 Å². The van der Waals surface area contributed by atoms with E-state index in [1.807, 2.05) is 5.38 Å². The normalized spacial score (nSPS) is 19.6. The third kappa shape index (κ3) is 3.18. The van der Waals surface area contributed by atoms with Crippen molar-refractivity contribution in [3.05, 3.63) is 39.2 Å². The van der Waals surface area contributed by atoms with Gasteiger partial charge in [0.15, 0.2) is 11.4 Å². The summed E-state index contributed by atoms with van der Waals surface area (Å²) in [6, 6.07) is 6.35. The summed E-state index contributed by atoms with van der Waals surface area (Å²) >= 11 is 5.27. The molecule has 4 rings (SSSR count). The maximum atomic E-state index is 5.64. The molecule has 0 amide bonds. The lowest BCUT2D eigenvalue weighted by Crippen LogP contribution is -2.10. The van der Waals surface area contributed by atoms with Gasteiger partial charge in [0.1, 0.15) is 11.8 Å². The average molecular weight is 418 g/mol. The first-order valence-corrected chi connectivity index (χ1v) is 10.1. The molecule has 1 saturated heterocycles. The SMILES string of the molecule is Cc1ccc2c(C)cc(-c3csc(NC4OC4C(C)C)n3)nc2c1Br. The Morgan fingerprint density at radius 2 is 1.96 bits per heavy atom. The molecule has 1 aliphatic rings. The molecule has 2 unspecified atom stereocenters. The molecule has 0 bridgehead atoms. The highest BCUT2D eigenvalue weighted by Gasteiger charge is 2.41. The van der Waals surface area contributed by atoms with Crippen LogP contribution in [0.2, 0.25) is 0 Å². The summed E-state index contributed by atoms with van der Waals surface area (Å²) in [5.41, 5.74) is 5.17. The summed E-state index contributed by atoms with van der Waals surface area (Å²) in [4.78, 5) is 9.56. The molecule has 1 aromatic carbocycles. The fraction of sp³-hybridized carbons (Fsp3) is 0.368. The van der Waals surface area contributed by atoms with Gasteiger partial charge in [0, 0.05) is 15.2 Å². The van der Waals surface area contributed by atoms with E-state index >= 15 is 0 Å². The van der Waals surface area contributed by atoms with E-state index in [-0.39, 0.29) is 12.3 Å². The topological polar surface area (TPSA) is 50.3 Å². The molecule has 2 atom stereocenters. The van der Waals surface area contributed by atoms with Crippen molar-refractivity contribution in [3.63, 3.8) is 0 Å². The second kappa shape index (κ2) is 6.34. The van der Waals surface area contributed by atoms with Crippen LogP contribution in [0, 0.1) is 19.8 Å². The van der Waals surface area contributed by atoms with Gasteiger partial charge < -0.3 is 10.1 Å². The summed E-state index contributed by atoms with van der Waals surface area (Å²) < 4.78 is 6.69. The van der Waals surface area contributed by atoms with E-state index in [4.69, 9.17) is 14.7 Å². The summed E-state index contributed by atoms with van der Waals surface area (Å²) in [6.07, 6.45) is 0.370. The molecule has 3 aromatic rings. The number of fused-ring (bicyclic) bond motifs is 1. The second-order valence-corrected chi connectivity index (χ2v) is 8.52. The molecule has 0 saturated carbocycles. The first-order valence-electron chi connectivity index (χ1n) is 8.38. The second-order valence-electron chi connectivity index (χ2n) is 6.86. The lowest BCUT2D eigenvalue weighted by molar-refractivity contribution is 0.341. The Kier molecular flexibility index (Phi) is 4.30. The van der Waals surface area contributed by atoms with E-state index in [0.717, 1.165) is 26.5 Å². The molecule has 3 heterocycles. The number of rotatable bonds is 4. The number of thiazole rings is 1. The molecule has 130 valence electrons. The van der Waals surface area contributed by atoms with Gasteiger partial charge >= 0.3 is 0 Å². The van der Waals surface area contributed by atoms with Crippen LogP contribution in [0.4, 0.5) is 5.13 Å². The predicted molar refractivity (Wildman–Crippen MR) is 107 cm³/mol. The zero-order valence-electron chi connectivity index (χ0n) is 14.6. The van der Waals surface area contributed by atoms with Crippen molar-refractivity contribution in [1.82, 2.24) is 9.97 Å². The maximum Gasteiger partial charge on any atom is 0.185 e. The van der Waals surface area contributed by atoms with Gasteiger partial charge in [-0.1, -0.05) is 26.0 Å². The number of hydrogen-bond acceptors (Lipinski definition) is 5. The van der Waals surface area contributed by atoms with Crippen molar-refractivity contribution < 1.29 is 4.74 Å². The minimum Gasteiger partial charge on any atom is -0.348 e. The first kappa shape index (κ1) is 16.9. The van der Waals surface area contributed by atoms with Crippen LogP contribution in [0.15, 0.2) is 28.1 Å². The highest BCUT2D eigenvalue weighted by molar-refractivity contribution is 9.10. The van der Waals surface area contributed by atoms with E-state index in [1.54, 1.807) is 11.3 Å². The van der Waals surface area contributed by atoms with Gasteiger partial charge in [0.05, 0.1) is 11.2 Å². The molecule has 2 aromatic heterocycles. The van der Waals surface area contributed by atoms with Gasteiger partial charge in [0.2, 0.25) is 0 Å². The van der Waals surface area contributed by atoms with E-state index < -0.39 is 0 Å². The standard InChI is InChI=1S/C19H20BrN3OS/c1-9(2)17-18(24-17)23-19-22-14(8-25-19)13-7-11(4)12-6-5-10(3)15(20)16(12)21-13/h5-9,17-18H,1-4H3,(H,22,23). The zero-order chi connectivity index (χ0) is 17.7. The molecular weight excluding hydrogens is 398 g/mol. The van der Waals surface area contributed by atoms with Gasteiger partial charge in [-0.2, -0.15) is 0 Å². The summed E-state index contributed by atoms with van der Waals surface area (Å²) in [7, 11) is 0. The van der Waals surface area contributed by atoms with Crippen molar-refractivity contribution in [2.24, 2.45) is 5.92 Å². The Morgan fingerprint density at radius 1 is 1.16 bits per heavy atom. The molecule has 4 nitrogen and oxygen atoms in total. The third-order valence-electron chi connectivity index (χ3n) is 4.53. The van der Waals surface area contributed by atoms with Crippen LogP contribution in [-0.2, 0) is 4.74 Å². The van der Waals surface area contributed by atoms with Crippen LogP contribution in [0.25, 0.3) is 22.3 Å². The van der Waals surface area contributed by atoms with Gasteiger partial charge in [0.25, 0.3) is 0 Å². The van der Waals surface area contributed by atoms with Gasteiger partial charge in [-0.25, -0.2) is 9.97 Å². The van der Waals surface area contributed by atoms with Crippen molar-refractivity contribution >= 4 is 43.3 Å². The Bertz CT molecular complexity index is 953. The third-order valence-corrected chi connectivity index (χ3v) is 6.31. The minimum absolute atomic E-state index is 0.0853. The molecule has 0 aliphatic carbocycles. The first-order chi connectivity index (χ1) is 11.9. The molecule has 1 N–H and O–H groups in total. The molecule has 0 spiro atoms. The highest BCUT2D eigenvalue weighted by Crippen LogP contribution is 2.34. The number of nitrogens with zero attached hydrogens (tertiary/aromatic N) is 2. The van der Waals surface area contributed by atoms with Crippen LogP contribution >= 0.6 is 27.3 Å². The van der Waals surface area contributed by atoms with E-state index in [0.29, 0.717) is 5.92 Å². The number of aromatic nitrogens is 2. The van der Waals surface area contributed by atoms with Crippen molar-refractivity contribution in [3.8, 4) is 11.4 Å². The van der Waals surface area contributed by atoms with Gasteiger partial charge in [-0.15, -0.1) is 11.3 Å². The molecular formula is C19H20BrN3OS. The summed E-state index contributed by atoms with van der Waals surface area (Å²) in [6.45, 7) is 8.54. The van der Waals surface area contributed by atoms with E-state index in [2.05, 4.69) is 67.1 Å². The summed E-state index contributed by atoms with van der Waals surface area (Å²) in [5.74, 6) is 0.516. The largest absolute Gasteiger partial charge is 0.348 e. The van der Waals surface area contributed by atoms with Crippen LogP contribution < -0.4 is 5.32 Å². The number of epoxide rings is 1. The maximum absolute atomic E-state index is 5.64. The van der Waals surface area contributed by atoms with Crippen molar-refractivity contribution in [1.29, 1.82) is 0 Å². The number of anilines is 1. The average Bonchev–Trinajstić information content (AvgIpc) is 3.18. The Morgan fingerprint density at radius 3 is 2.68 bits per heavy atom. The van der Waals surface area contributed by atoms with Crippen LogP contribution in [-0.4, -0.2) is 22.3 Å². The van der Waals surface area contributed by atoms with Crippen molar-refractivity contribution in [2.45, 2.75) is 40.0 Å². The van der Waals surface area contributed by atoms with Gasteiger partial charge in [-0.3, -0.25) is 0 Å². The monoisotopic (exact) mass is 417 g/mol. The minimum atomic E-state index is 0.0853. The number of hydrogen-bond donors (Lipinski definition) is 1. The Hall–Kier alpha value is -1.50. The fourth-order valence-electron chi connectivity index (χ4n) is 2.99. The Balaban J connectivity index is 1.65.